The molecule has 172 valence electrons. The van der Waals surface area contributed by atoms with Crippen LogP contribution < -0.4 is 4.74 Å². The van der Waals surface area contributed by atoms with Crippen LogP contribution in [0.25, 0.3) is 0 Å². The van der Waals surface area contributed by atoms with Crippen molar-refractivity contribution in [3.05, 3.63) is 81.6 Å². The lowest BCUT2D eigenvalue weighted by molar-refractivity contribution is 0.0649. The van der Waals surface area contributed by atoms with Crippen LogP contribution in [0.2, 0.25) is 5.02 Å². The highest BCUT2D eigenvalue weighted by molar-refractivity contribution is 6.31. The highest BCUT2D eigenvalue weighted by Crippen LogP contribution is 2.26. The number of rotatable bonds is 6. The van der Waals surface area contributed by atoms with Crippen LogP contribution >= 0.6 is 11.6 Å². The maximum atomic E-state index is 13.3. The molecule has 4 rings (SSSR count). The smallest absolute Gasteiger partial charge is 0.257 e. The summed E-state index contributed by atoms with van der Waals surface area (Å²) in [5.41, 5.74) is 3.83. The van der Waals surface area contributed by atoms with E-state index in [9.17, 15) is 9.59 Å². The number of carbonyl (C=O) groups is 2. The number of Topliss-reactive ketones (excluding diaryl/α,β-unsaturated/α-hetero) is 1. The Hall–Kier alpha value is -3.12. The van der Waals surface area contributed by atoms with Crippen LogP contribution in [-0.4, -0.2) is 46.6 Å². The first-order valence-electron chi connectivity index (χ1n) is 11.1. The van der Waals surface area contributed by atoms with Gasteiger partial charge in [-0.3, -0.25) is 14.3 Å². The SMILES string of the molecule is COc1ccc(C(=O)C2CCN(C(=O)c3c(C)nn(Cc4ccccc4Cl)c3C)CC2)cc1. The molecule has 0 aliphatic carbocycles. The lowest BCUT2D eigenvalue weighted by atomic mass is 9.88. The van der Waals surface area contributed by atoms with E-state index in [0.29, 0.717) is 54.3 Å². The van der Waals surface area contributed by atoms with Crippen LogP contribution in [0, 0.1) is 19.8 Å². The van der Waals surface area contributed by atoms with E-state index in [2.05, 4.69) is 5.10 Å². The number of benzene rings is 2. The van der Waals surface area contributed by atoms with Gasteiger partial charge in [0.25, 0.3) is 5.91 Å². The van der Waals surface area contributed by atoms with Crippen LogP contribution in [0.3, 0.4) is 0 Å². The van der Waals surface area contributed by atoms with E-state index in [4.69, 9.17) is 16.3 Å². The van der Waals surface area contributed by atoms with Gasteiger partial charge < -0.3 is 9.64 Å². The number of carbonyl (C=O) groups excluding carboxylic acids is 2. The number of piperidine rings is 1. The van der Waals surface area contributed by atoms with E-state index >= 15 is 0 Å². The van der Waals surface area contributed by atoms with E-state index in [1.165, 1.54) is 0 Å². The highest BCUT2D eigenvalue weighted by atomic mass is 35.5. The third-order valence-corrected chi connectivity index (χ3v) is 6.77. The quantitative estimate of drug-likeness (QED) is 0.483. The Morgan fingerprint density at radius 1 is 1.06 bits per heavy atom. The van der Waals surface area contributed by atoms with Crippen molar-refractivity contribution in [1.82, 2.24) is 14.7 Å². The predicted octanol–water partition coefficient (Wildman–Crippen LogP) is 4.95. The lowest BCUT2D eigenvalue weighted by Gasteiger charge is -2.31. The zero-order valence-corrected chi connectivity index (χ0v) is 19.9. The van der Waals surface area contributed by atoms with Gasteiger partial charge in [-0.15, -0.1) is 0 Å². The molecule has 0 saturated carbocycles. The molecule has 2 heterocycles. The first-order valence-corrected chi connectivity index (χ1v) is 11.5. The van der Waals surface area contributed by atoms with Crippen molar-refractivity contribution in [1.29, 1.82) is 0 Å². The van der Waals surface area contributed by atoms with Crippen LogP contribution in [0.15, 0.2) is 48.5 Å². The zero-order chi connectivity index (χ0) is 23.5. The van der Waals surface area contributed by atoms with Gasteiger partial charge in [-0.05, 0) is 62.6 Å². The summed E-state index contributed by atoms with van der Waals surface area (Å²) < 4.78 is 7.01. The van der Waals surface area contributed by atoms with E-state index in [1.807, 2.05) is 47.7 Å². The Morgan fingerprint density at radius 3 is 2.36 bits per heavy atom. The van der Waals surface area contributed by atoms with Gasteiger partial charge >= 0.3 is 0 Å². The molecule has 1 aliphatic rings. The molecular formula is C26H28ClN3O3. The van der Waals surface area contributed by atoms with Crippen molar-refractivity contribution in [2.24, 2.45) is 5.92 Å². The van der Waals surface area contributed by atoms with Gasteiger partial charge in [-0.25, -0.2) is 0 Å². The standard InChI is InChI=1S/C26H28ClN3O3/c1-17-24(18(2)30(28-17)16-21-6-4-5-7-23(21)27)26(32)29-14-12-20(13-15-29)25(31)19-8-10-22(33-3)11-9-19/h4-11,20H,12-16H2,1-3H3. The number of amides is 1. The molecule has 2 aromatic carbocycles. The third-order valence-electron chi connectivity index (χ3n) is 6.40. The summed E-state index contributed by atoms with van der Waals surface area (Å²) in [6, 6.07) is 14.9. The molecule has 1 aromatic heterocycles. The summed E-state index contributed by atoms with van der Waals surface area (Å²) >= 11 is 6.31. The number of aryl methyl sites for hydroxylation is 1. The number of methoxy groups -OCH3 is 1. The average Bonchev–Trinajstić information content (AvgIpc) is 3.12. The number of halogens is 1. The molecule has 0 unspecified atom stereocenters. The minimum Gasteiger partial charge on any atom is -0.497 e. The molecule has 0 spiro atoms. The Kier molecular flexibility index (Phi) is 6.84. The molecule has 0 bridgehead atoms. The number of hydrogen-bond acceptors (Lipinski definition) is 4. The second-order valence-corrected chi connectivity index (χ2v) is 8.86. The second-order valence-electron chi connectivity index (χ2n) is 8.45. The lowest BCUT2D eigenvalue weighted by Crippen LogP contribution is -2.40. The fourth-order valence-electron chi connectivity index (χ4n) is 4.44. The predicted molar refractivity (Wildman–Crippen MR) is 128 cm³/mol. The molecule has 1 aliphatic heterocycles. The summed E-state index contributed by atoms with van der Waals surface area (Å²) in [5.74, 6) is 0.760. The van der Waals surface area contributed by atoms with E-state index in [-0.39, 0.29) is 17.6 Å². The van der Waals surface area contributed by atoms with Gasteiger partial charge in [0.2, 0.25) is 0 Å². The van der Waals surface area contributed by atoms with E-state index in [0.717, 1.165) is 17.0 Å². The second kappa shape index (κ2) is 9.79. The zero-order valence-electron chi connectivity index (χ0n) is 19.2. The number of ketones is 1. The van der Waals surface area contributed by atoms with Gasteiger partial charge in [0.15, 0.2) is 5.78 Å². The molecule has 0 atom stereocenters. The van der Waals surface area contributed by atoms with Gasteiger partial charge in [-0.1, -0.05) is 29.8 Å². The maximum Gasteiger partial charge on any atom is 0.257 e. The minimum atomic E-state index is -0.0763. The van der Waals surface area contributed by atoms with Crippen molar-refractivity contribution < 1.29 is 14.3 Å². The van der Waals surface area contributed by atoms with Crippen molar-refractivity contribution in [2.45, 2.75) is 33.2 Å². The van der Waals surface area contributed by atoms with Crippen LogP contribution in [-0.2, 0) is 6.54 Å². The maximum absolute atomic E-state index is 13.3. The number of nitrogens with zero attached hydrogens (tertiary/aromatic N) is 3. The first-order chi connectivity index (χ1) is 15.9. The van der Waals surface area contributed by atoms with Crippen LogP contribution in [0.1, 0.15) is 50.5 Å². The fraction of sp³-hybridized carbons (Fsp3) is 0.346. The fourth-order valence-corrected chi connectivity index (χ4v) is 4.64. The molecular weight excluding hydrogens is 438 g/mol. The molecule has 33 heavy (non-hydrogen) atoms. The van der Waals surface area contributed by atoms with Crippen LogP contribution in [0.4, 0.5) is 0 Å². The largest absolute Gasteiger partial charge is 0.497 e. The molecule has 6 nitrogen and oxygen atoms in total. The number of aromatic nitrogens is 2. The summed E-state index contributed by atoms with van der Waals surface area (Å²) in [6.45, 7) is 5.41. The molecule has 1 fully saturated rings. The molecule has 0 N–H and O–H groups in total. The van der Waals surface area contributed by atoms with Gasteiger partial charge in [0.1, 0.15) is 5.75 Å². The topological polar surface area (TPSA) is 64.4 Å². The Morgan fingerprint density at radius 2 is 1.73 bits per heavy atom. The monoisotopic (exact) mass is 465 g/mol. The Bertz CT molecular complexity index is 1160. The molecule has 7 heteroatoms. The van der Waals surface area contributed by atoms with Crippen molar-refractivity contribution >= 4 is 23.3 Å². The molecule has 1 saturated heterocycles. The van der Waals surface area contributed by atoms with Crippen LogP contribution in [0.5, 0.6) is 5.75 Å². The van der Waals surface area contributed by atoms with Gasteiger partial charge in [0, 0.05) is 35.3 Å². The average molecular weight is 466 g/mol. The summed E-state index contributed by atoms with van der Waals surface area (Å²) in [4.78, 5) is 28.1. The van der Waals surface area contributed by atoms with Crippen molar-refractivity contribution in [3.63, 3.8) is 0 Å². The Balaban J connectivity index is 1.43. The number of likely N-dealkylation sites (tertiary alicyclic amines) is 1. The normalized spacial score (nSPS) is 14.4. The summed E-state index contributed by atoms with van der Waals surface area (Å²) in [7, 11) is 1.60. The number of ether oxygens (including phenoxy) is 1. The van der Waals surface area contributed by atoms with Crippen molar-refractivity contribution in [2.75, 3.05) is 20.2 Å². The molecule has 1 amide bonds. The van der Waals surface area contributed by atoms with Gasteiger partial charge in [0.05, 0.1) is 24.9 Å². The Labute approximate surface area is 199 Å². The third kappa shape index (κ3) is 4.81. The minimum absolute atomic E-state index is 0.0224. The number of hydrogen-bond donors (Lipinski definition) is 0. The van der Waals surface area contributed by atoms with Gasteiger partial charge in [-0.2, -0.15) is 5.10 Å². The summed E-state index contributed by atoms with van der Waals surface area (Å²) in [5, 5.41) is 5.29. The molecule has 0 radical (unpaired) electrons. The van der Waals surface area contributed by atoms with E-state index < -0.39 is 0 Å². The molecule has 3 aromatic rings. The summed E-state index contributed by atoms with van der Waals surface area (Å²) in [6.07, 6.45) is 1.31. The van der Waals surface area contributed by atoms with E-state index in [1.54, 1.807) is 31.4 Å². The first kappa shape index (κ1) is 23.1. The van der Waals surface area contributed by atoms with Crippen molar-refractivity contribution in [3.8, 4) is 5.75 Å². The highest BCUT2D eigenvalue weighted by Gasteiger charge is 2.30.